The van der Waals surface area contributed by atoms with Gasteiger partial charge in [-0.2, -0.15) is 0 Å². The molecule has 2 aliphatic rings. The number of imidazole rings is 1. The molecule has 0 spiro atoms. The highest BCUT2D eigenvalue weighted by Crippen LogP contribution is 2.41. The summed E-state index contributed by atoms with van der Waals surface area (Å²) in [6.45, 7) is 0. The summed E-state index contributed by atoms with van der Waals surface area (Å²) in [4.78, 5) is 7.37. The standard InChI is InChI=1S/C15H18ClN3/c1-18-14-5-3-2-4-13(14)17-15(18)19-11-6-7-12(19)9-10(16)8-11/h2-5,10-12H,6-9H2,1H3. The summed E-state index contributed by atoms with van der Waals surface area (Å²) in [5.41, 5.74) is 2.30. The Hall–Kier alpha value is -1.22. The van der Waals surface area contributed by atoms with Gasteiger partial charge in [-0.25, -0.2) is 4.98 Å². The quantitative estimate of drug-likeness (QED) is 0.745. The number of hydrogen-bond acceptors (Lipinski definition) is 2. The van der Waals surface area contributed by atoms with Gasteiger partial charge in [-0.05, 0) is 37.8 Å². The third kappa shape index (κ3) is 1.68. The number of piperidine rings is 1. The average molecular weight is 276 g/mol. The molecule has 2 saturated heterocycles. The Bertz CT molecular complexity index is 607. The van der Waals surface area contributed by atoms with Crippen molar-refractivity contribution in [2.75, 3.05) is 4.90 Å². The van der Waals surface area contributed by atoms with Gasteiger partial charge in [-0.3, -0.25) is 0 Å². The zero-order valence-electron chi connectivity index (χ0n) is 11.1. The summed E-state index contributed by atoms with van der Waals surface area (Å²) in [6.07, 6.45) is 4.72. The minimum atomic E-state index is 0.350. The molecule has 0 radical (unpaired) electrons. The lowest BCUT2D eigenvalue weighted by atomic mass is 10.0. The van der Waals surface area contributed by atoms with E-state index in [1.165, 1.54) is 18.4 Å². The van der Waals surface area contributed by atoms with Crippen molar-refractivity contribution in [1.29, 1.82) is 0 Å². The molecule has 2 aromatic rings. The van der Waals surface area contributed by atoms with Gasteiger partial charge in [-0.15, -0.1) is 11.6 Å². The van der Waals surface area contributed by atoms with Crippen LogP contribution in [-0.4, -0.2) is 27.0 Å². The molecule has 0 amide bonds. The summed E-state index contributed by atoms with van der Waals surface area (Å²) in [6, 6.07) is 9.52. The second-order valence-electron chi connectivity index (χ2n) is 5.82. The number of benzene rings is 1. The number of hydrogen-bond donors (Lipinski definition) is 0. The van der Waals surface area contributed by atoms with E-state index in [0.717, 1.165) is 24.3 Å². The summed E-state index contributed by atoms with van der Waals surface area (Å²) in [7, 11) is 2.12. The largest absolute Gasteiger partial charge is 0.336 e. The number of para-hydroxylation sites is 2. The van der Waals surface area contributed by atoms with Crippen molar-refractivity contribution in [2.45, 2.75) is 43.1 Å². The fraction of sp³-hybridized carbons (Fsp3) is 0.533. The number of nitrogens with zero attached hydrogens (tertiary/aromatic N) is 3. The Morgan fingerprint density at radius 1 is 1.16 bits per heavy atom. The molecular weight excluding hydrogens is 258 g/mol. The number of aryl methyl sites for hydroxylation is 1. The molecule has 100 valence electrons. The Kier molecular flexibility index (Phi) is 2.52. The molecular formula is C15H18ClN3. The van der Waals surface area contributed by atoms with Crippen LogP contribution < -0.4 is 4.90 Å². The van der Waals surface area contributed by atoms with E-state index in [9.17, 15) is 0 Å². The van der Waals surface area contributed by atoms with Crippen LogP contribution in [0.25, 0.3) is 11.0 Å². The van der Waals surface area contributed by atoms with Crippen LogP contribution in [-0.2, 0) is 7.05 Å². The molecule has 4 heteroatoms. The van der Waals surface area contributed by atoms with Crippen LogP contribution in [0.5, 0.6) is 0 Å². The molecule has 3 heterocycles. The summed E-state index contributed by atoms with van der Waals surface area (Å²) < 4.78 is 2.23. The predicted molar refractivity (Wildman–Crippen MR) is 78.9 cm³/mol. The second kappa shape index (κ2) is 4.14. The molecule has 0 N–H and O–H groups in total. The number of anilines is 1. The monoisotopic (exact) mass is 275 g/mol. The van der Waals surface area contributed by atoms with Gasteiger partial charge in [0.25, 0.3) is 0 Å². The van der Waals surface area contributed by atoms with Crippen LogP contribution in [0, 0.1) is 0 Å². The predicted octanol–water partition coefficient (Wildman–Crippen LogP) is 3.31. The van der Waals surface area contributed by atoms with E-state index in [2.05, 4.69) is 40.8 Å². The Labute approximate surface area is 118 Å². The molecule has 0 saturated carbocycles. The van der Waals surface area contributed by atoms with Crippen LogP contribution >= 0.6 is 11.6 Å². The Balaban J connectivity index is 1.81. The molecule has 0 aliphatic carbocycles. The first-order valence-electron chi connectivity index (χ1n) is 7.08. The highest BCUT2D eigenvalue weighted by molar-refractivity contribution is 6.20. The SMILES string of the molecule is Cn1c(N2C3CCC2CC(Cl)C3)nc2ccccc21. The molecule has 1 aromatic heterocycles. The molecule has 2 unspecified atom stereocenters. The van der Waals surface area contributed by atoms with E-state index < -0.39 is 0 Å². The highest BCUT2D eigenvalue weighted by Gasteiger charge is 2.41. The Morgan fingerprint density at radius 2 is 1.84 bits per heavy atom. The third-order valence-electron chi connectivity index (χ3n) is 4.67. The number of rotatable bonds is 1. The third-order valence-corrected chi connectivity index (χ3v) is 5.03. The van der Waals surface area contributed by atoms with Gasteiger partial charge in [0.1, 0.15) is 0 Å². The van der Waals surface area contributed by atoms with Crippen LogP contribution in [0.1, 0.15) is 25.7 Å². The van der Waals surface area contributed by atoms with Gasteiger partial charge in [-0.1, -0.05) is 12.1 Å². The number of halogens is 1. The van der Waals surface area contributed by atoms with Gasteiger partial charge in [0.15, 0.2) is 0 Å². The lowest BCUT2D eigenvalue weighted by molar-refractivity contribution is 0.463. The van der Waals surface area contributed by atoms with Crippen LogP contribution in [0.4, 0.5) is 5.95 Å². The van der Waals surface area contributed by atoms with Crippen molar-refractivity contribution in [3.05, 3.63) is 24.3 Å². The summed E-state index contributed by atoms with van der Waals surface area (Å²) in [5.74, 6) is 1.12. The smallest absolute Gasteiger partial charge is 0.206 e. The maximum Gasteiger partial charge on any atom is 0.206 e. The highest BCUT2D eigenvalue weighted by atomic mass is 35.5. The van der Waals surface area contributed by atoms with Gasteiger partial charge >= 0.3 is 0 Å². The van der Waals surface area contributed by atoms with Crippen molar-refractivity contribution in [1.82, 2.24) is 9.55 Å². The van der Waals surface area contributed by atoms with Crippen LogP contribution in [0.2, 0.25) is 0 Å². The maximum absolute atomic E-state index is 6.36. The van der Waals surface area contributed by atoms with Gasteiger partial charge in [0.2, 0.25) is 5.95 Å². The molecule has 4 rings (SSSR count). The first-order valence-corrected chi connectivity index (χ1v) is 7.51. The summed E-state index contributed by atoms with van der Waals surface area (Å²) >= 11 is 6.36. The van der Waals surface area contributed by atoms with E-state index in [1.807, 2.05) is 0 Å². The second-order valence-corrected chi connectivity index (χ2v) is 6.44. The average Bonchev–Trinajstić information content (AvgIpc) is 2.86. The van der Waals surface area contributed by atoms with Crippen molar-refractivity contribution in [3.63, 3.8) is 0 Å². The van der Waals surface area contributed by atoms with E-state index in [-0.39, 0.29) is 0 Å². The van der Waals surface area contributed by atoms with Gasteiger partial charge < -0.3 is 9.47 Å². The zero-order valence-corrected chi connectivity index (χ0v) is 11.8. The lowest BCUT2D eigenvalue weighted by Gasteiger charge is -2.37. The molecule has 3 nitrogen and oxygen atoms in total. The van der Waals surface area contributed by atoms with Crippen LogP contribution in [0.15, 0.2) is 24.3 Å². The zero-order chi connectivity index (χ0) is 13.0. The first-order chi connectivity index (χ1) is 9.24. The maximum atomic E-state index is 6.36. The molecule has 2 bridgehead atoms. The topological polar surface area (TPSA) is 21.1 Å². The Morgan fingerprint density at radius 3 is 2.53 bits per heavy atom. The number of fused-ring (bicyclic) bond motifs is 3. The number of alkyl halides is 1. The fourth-order valence-electron chi connectivity index (χ4n) is 3.80. The van der Waals surface area contributed by atoms with E-state index in [1.54, 1.807) is 0 Å². The molecule has 2 fully saturated rings. The molecule has 2 atom stereocenters. The normalized spacial score (nSPS) is 30.2. The van der Waals surface area contributed by atoms with E-state index in [4.69, 9.17) is 16.6 Å². The molecule has 2 aliphatic heterocycles. The van der Waals surface area contributed by atoms with E-state index >= 15 is 0 Å². The number of aromatic nitrogens is 2. The van der Waals surface area contributed by atoms with Crippen molar-refractivity contribution in [2.24, 2.45) is 7.05 Å². The molecule has 1 aromatic carbocycles. The van der Waals surface area contributed by atoms with Crippen LogP contribution in [0.3, 0.4) is 0 Å². The minimum Gasteiger partial charge on any atom is -0.336 e. The van der Waals surface area contributed by atoms with Crippen molar-refractivity contribution in [3.8, 4) is 0 Å². The molecule has 19 heavy (non-hydrogen) atoms. The van der Waals surface area contributed by atoms with Crippen molar-refractivity contribution < 1.29 is 0 Å². The van der Waals surface area contributed by atoms with Gasteiger partial charge in [0.05, 0.1) is 11.0 Å². The lowest BCUT2D eigenvalue weighted by Crippen LogP contribution is -2.44. The minimum absolute atomic E-state index is 0.350. The van der Waals surface area contributed by atoms with E-state index in [0.29, 0.717) is 17.5 Å². The fourth-order valence-corrected chi connectivity index (χ4v) is 4.21. The summed E-state index contributed by atoms with van der Waals surface area (Å²) in [5, 5.41) is 0.350. The first kappa shape index (κ1) is 11.6. The van der Waals surface area contributed by atoms with Crippen molar-refractivity contribution >= 4 is 28.6 Å². The van der Waals surface area contributed by atoms with Gasteiger partial charge in [0, 0.05) is 24.5 Å².